The van der Waals surface area contributed by atoms with Gasteiger partial charge in [-0.25, -0.2) is 0 Å². The molecule has 0 amide bonds. The van der Waals surface area contributed by atoms with Crippen molar-refractivity contribution in [3.8, 4) is 0 Å². The van der Waals surface area contributed by atoms with E-state index in [1.54, 1.807) is 0 Å². The number of nitrogens with zero attached hydrogens (tertiary/aromatic N) is 1. The monoisotopic (exact) mass is 223 g/mol. The molecule has 4 atom stereocenters. The molecule has 16 heavy (non-hydrogen) atoms. The molecule has 0 aromatic rings. The van der Waals surface area contributed by atoms with Crippen LogP contribution in [0.15, 0.2) is 12.7 Å². The van der Waals surface area contributed by atoms with Crippen LogP contribution in [0, 0.1) is 5.92 Å². The standard InChI is InChI=1S/C14H25NO/c1-4-5-10(2)11(3)15-12-6-7-13(15)9-14(16)8-12/h4,10-14,16H,1,5-9H2,2-3H3. The van der Waals surface area contributed by atoms with E-state index in [2.05, 4.69) is 25.3 Å². The Hall–Kier alpha value is -0.340. The summed E-state index contributed by atoms with van der Waals surface area (Å²) in [4.78, 5) is 2.68. The van der Waals surface area contributed by atoms with Crippen LogP contribution >= 0.6 is 0 Å². The summed E-state index contributed by atoms with van der Waals surface area (Å²) in [5.74, 6) is 0.677. The van der Waals surface area contributed by atoms with Crippen molar-refractivity contribution >= 4 is 0 Å². The molecule has 4 unspecified atom stereocenters. The number of aliphatic hydroxyl groups excluding tert-OH is 1. The molecule has 2 aliphatic rings. The van der Waals surface area contributed by atoms with Crippen molar-refractivity contribution in [2.45, 2.75) is 70.2 Å². The summed E-state index contributed by atoms with van der Waals surface area (Å²) in [6.07, 6.45) is 7.63. The van der Waals surface area contributed by atoms with Crippen LogP contribution in [0.4, 0.5) is 0 Å². The van der Waals surface area contributed by atoms with Gasteiger partial charge >= 0.3 is 0 Å². The quantitative estimate of drug-likeness (QED) is 0.740. The molecule has 2 heteroatoms. The van der Waals surface area contributed by atoms with Crippen LogP contribution in [0.1, 0.15) is 46.0 Å². The molecule has 0 aromatic carbocycles. The Bertz CT molecular complexity index is 239. The molecule has 2 rings (SSSR count). The maximum Gasteiger partial charge on any atom is 0.0570 e. The molecule has 2 fully saturated rings. The fraction of sp³-hybridized carbons (Fsp3) is 0.857. The third-order valence-corrected chi connectivity index (χ3v) is 4.60. The van der Waals surface area contributed by atoms with E-state index < -0.39 is 0 Å². The molecule has 0 aliphatic carbocycles. The average molecular weight is 223 g/mol. The Morgan fingerprint density at radius 3 is 2.38 bits per heavy atom. The first-order valence-electron chi connectivity index (χ1n) is 6.70. The summed E-state index contributed by atoms with van der Waals surface area (Å²) in [6, 6.07) is 1.90. The van der Waals surface area contributed by atoms with Crippen LogP contribution in [-0.4, -0.2) is 34.2 Å². The molecule has 92 valence electrons. The van der Waals surface area contributed by atoms with Gasteiger partial charge in [-0.3, -0.25) is 4.90 Å². The van der Waals surface area contributed by atoms with Crippen LogP contribution < -0.4 is 0 Å². The summed E-state index contributed by atoms with van der Waals surface area (Å²) >= 11 is 0. The van der Waals surface area contributed by atoms with Crippen molar-refractivity contribution in [3.05, 3.63) is 12.7 Å². The summed E-state index contributed by atoms with van der Waals surface area (Å²) in [6.45, 7) is 8.50. The van der Waals surface area contributed by atoms with Gasteiger partial charge in [0.2, 0.25) is 0 Å². The van der Waals surface area contributed by atoms with Crippen molar-refractivity contribution in [1.82, 2.24) is 4.90 Å². The summed E-state index contributed by atoms with van der Waals surface area (Å²) in [7, 11) is 0. The number of hydrogen-bond acceptors (Lipinski definition) is 2. The molecule has 0 spiro atoms. The summed E-state index contributed by atoms with van der Waals surface area (Å²) in [5, 5.41) is 9.79. The zero-order valence-corrected chi connectivity index (χ0v) is 10.6. The number of allylic oxidation sites excluding steroid dienone is 1. The largest absolute Gasteiger partial charge is 0.393 e. The van der Waals surface area contributed by atoms with E-state index in [0.717, 1.165) is 19.3 Å². The van der Waals surface area contributed by atoms with Crippen LogP contribution in [0.3, 0.4) is 0 Å². The highest BCUT2D eigenvalue weighted by Crippen LogP contribution is 2.38. The molecular weight excluding hydrogens is 198 g/mol. The van der Waals surface area contributed by atoms with Gasteiger partial charge in [0.15, 0.2) is 0 Å². The highest BCUT2D eigenvalue weighted by molar-refractivity contribution is 4.98. The van der Waals surface area contributed by atoms with Crippen LogP contribution in [0.5, 0.6) is 0 Å². The Morgan fingerprint density at radius 2 is 1.88 bits per heavy atom. The maximum absolute atomic E-state index is 9.79. The predicted octanol–water partition coefficient (Wildman–Crippen LogP) is 2.57. The lowest BCUT2D eigenvalue weighted by molar-refractivity contribution is 0.00175. The van der Waals surface area contributed by atoms with Crippen molar-refractivity contribution in [2.75, 3.05) is 0 Å². The lowest BCUT2D eigenvalue weighted by atomic mass is 9.92. The highest BCUT2D eigenvalue weighted by atomic mass is 16.3. The van der Waals surface area contributed by atoms with Gasteiger partial charge < -0.3 is 5.11 Å². The summed E-state index contributed by atoms with van der Waals surface area (Å²) < 4.78 is 0. The molecule has 2 heterocycles. The second-order valence-corrected chi connectivity index (χ2v) is 5.70. The van der Waals surface area contributed by atoms with Gasteiger partial charge in [0.1, 0.15) is 0 Å². The van der Waals surface area contributed by atoms with Crippen LogP contribution in [0.25, 0.3) is 0 Å². The van der Waals surface area contributed by atoms with E-state index in [1.807, 2.05) is 6.08 Å². The lowest BCUT2D eigenvalue weighted by Crippen LogP contribution is -2.51. The predicted molar refractivity (Wildman–Crippen MR) is 67.3 cm³/mol. The Kier molecular flexibility index (Phi) is 3.70. The van der Waals surface area contributed by atoms with Gasteiger partial charge in [0.25, 0.3) is 0 Å². The fourth-order valence-corrected chi connectivity index (χ4v) is 3.60. The number of hydrogen-bond donors (Lipinski definition) is 1. The number of fused-ring (bicyclic) bond motifs is 2. The van der Waals surface area contributed by atoms with Crippen molar-refractivity contribution in [2.24, 2.45) is 5.92 Å². The third-order valence-electron chi connectivity index (χ3n) is 4.60. The van der Waals surface area contributed by atoms with Crippen LogP contribution in [0.2, 0.25) is 0 Å². The summed E-state index contributed by atoms with van der Waals surface area (Å²) in [5.41, 5.74) is 0. The number of rotatable bonds is 4. The van der Waals surface area contributed by atoms with Gasteiger partial charge in [-0.05, 0) is 44.9 Å². The topological polar surface area (TPSA) is 23.5 Å². The third kappa shape index (κ3) is 2.18. The van der Waals surface area contributed by atoms with Gasteiger partial charge in [0, 0.05) is 18.1 Å². The average Bonchev–Trinajstić information content (AvgIpc) is 2.50. The first kappa shape index (κ1) is 12.1. The maximum atomic E-state index is 9.79. The van der Waals surface area contributed by atoms with Gasteiger partial charge in [0.05, 0.1) is 6.10 Å². The molecule has 1 N–H and O–H groups in total. The first-order valence-corrected chi connectivity index (χ1v) is 6.70. The Labute approximate surface area is 99.3 Å². The molecule has 0 saturated carbocycles. The van der Waals surface area contributed by atoms with Gasteiger partial charge in [-0.1, -0.05) is 13.0 Å². The minimum Gasteiger partial charge on any atom is -0.393 e. The number of piperidine rings is 1. The van der Waals surface area contributed by atoms with Crippen molar-refractivity contribution < 1.29 is 5.11 Å². The zero-order chi connectivity index (χ0) is 11.7. The normalized spacial score (nSPS) is 38.3. The van der Waals surface area contributed by atoms with E-state index in [4.69, 9.17) is 0 Å². The Morgan fingerprint density at radius 1 is 1.31 bits per heavy atom. The molecule has 2 nitrogen and oxygen atoms in total. The van der Waals surface area contributed by atoms with Crippen LogP contribution in [-0.2, 0) is 0 Å². The van der Waals surface area contributed by atoms with Crippen molar-refractivity contribution in [1.29, 1.82) is 0 Å². The smallest absolute Gasteiger partial charge is 0.0570 e. The lowest BCUT2D eigenvalue weighted by Gasteiger charge is -2.43. The molecule has 0 aromatic heterocycles. The van der Waals surface area contributed by atoms with E-state index in [0.29, 0.717) is 24.0 Å². The zero-order valence-electron chi connectivity index (χ0n) is 10.6. The fourth-order valence-electron chi connectivity index (χ4n) is 3.60. The Balaban J connectivity index is 2.02. The SMILES string of the molecule is C=CCC(C)C(C)N1C2CCC1CC(O)C2. The van der Waals surface area contributed by atoms with E-state index >= 15 is 0 Å². The molecule has 0 radical (unpaired) electrons. The number of aliphatic hydroxyl groups is 1. The van der Waals surface area contributed by atoms with E-state index in [9.17, 15) is 5.11 Å². The van der Waals surface area contributed by atoms with Gasteiger partial charge in [-0.15, -0.1) is 6.58 Å². The van der Waals surface area contributed by atoms with Crippen molar-refractivity contribution in [3.63, 3.8) is 0 Å². The minimum absolute atomic E-state index is 0.0457. The second-order valence-electron chi connectivity index (χ2n) is 5.70. The van der Waals surface area contributed by atoms with Gasteiger partial charge in [-0.2, -0.15) is 0 Å². The second kappa shape index (κ2) is 4.89. The molecular formula is C14H25NO. The minimum atomic E-state index is -0.0457. The van der Waals surface area contributed by atoms with E-state index in [1.165, 1.54) is 12.8 Å². The highest BCUT2D eigenvalue weighted by Gasteiger charge is 2.42. The molecule has 2 aliphatic heterocycles. The van der Waals surface area contributed by atoms with E-state index in [-0.39, 0.29) is 6.10 Å². The first-order chi connectivity index (χ1) is 7.63. The molecule has 2 bridgehead atoms. The molecule has 2 saturated heterocycles.